The average Bonchev–Trinajstić information content (AvgIpc) is 1.51. The first kappa shape index (κ1) is 75.7. The molecule has 0 atom stereocenters. The highest BCUT2D eigenvalue weighted by molar-refractivity contribution is 6.28. The van der Waals surface area contributed by atoms with Crippen LogP contribution in [0.1, 0.15) is 69.5 Å². The molecule has 0 bridgehead atoms. The van der Waals surface area contributed by atoms with Crippen molar-refractivity contribution in [2.75, 3.05) is 9.80 Å². The summed E-state index contributed by atoms with van der Waals surface area (Å²) in [4.78, 5) is 5.17. The third-order valence-corrected chi connectivity index (χ3v) is 31.4. The molecule has 0 aromatic heterocycles. The molecule has 5 aliphatic rings. The topological polar surface area (TPSA) is 6.48 Å². The lowest BCUT2D eigenvalue weighted by atomic mass is 9.70. The highest BCUT2D eigenvalue weighted by atomic mass is 15.2. The van der Waals surface area contributed by atoms with Crippen molar-refractivity contribution in [3.63, 3.8) is 0 Å². The fraction of sp³-hybridized carbons (Fsp3) is 0.0376. The summed E-state index contributed by atoms with van der Waals surface area (Å²) in [6, 6.07) is 181. The van der Waals surface area contributed by atoms with Crippen LogP contribution in [0.2, 0.25) is 0 Å². The highest BCUT2D eigenvalue weighted by Crippen LogP contribution is 2.68. The van der Waals surface area contributed by atoms with Gasteiger partial charge in [-0.05, 0) is 322 Å². The van der Waals surface area contributed by atoms with E-state index in [0.717, 1.165) is 61.9 Å². The van der Waals surface area contributed by atoms with Gasteiger partial charge < -0.3 is 9.80 Å². The molecule has 0 amide bonds. The molecule has 5 aliphatic carbocycles. The molecule has 0 N–H and O–H groups in total. The van der Waals surface area contributed by atoms with Crippen LogP contribution in [0.15, 0.2) is 473 Å². The number of rotatable bonds is 10. The molecule has 0 heterocycles. The van der Waals surface area contributed by atoms with Crippen LogP contribution in [0.3, 0.4) is 0 Å². The van der Waals surface area contributed by atoms with E-state index in [0.29, 0.717) is 0 Å². The molecule has 2 spiro atoms. The Kier molecular flexibility index (Phi) is 16.0. The second kappa shape index (κ2) is 28.5. The summed E-state index contributed by atoms with van der Waals surface area (Å²) in [5.41, 5.74) is 40.6. The lowest BCUT2D eigenvalue weighted by Crippen LogP contribution is -2.26. The minimum absolute atomic E-state index is 0.240. The van der Waals surface area contributed by atoms with Crippen LogP contribution >= 0.6 is 0 Å². The first-order chi connectivity index (χ1) is 66.7. The van der Waals surface area contributed by atoms with E-state index in [4.69, 9.17) is 0 Å². The lowest BCUT2D eigenvalue weighted by Gasteiger charge is -2.34. The molecule has 626 valence electrons. The predicted molar refractivity (Wildman–Crippen MR) is 568 cm³/mol. The summed E-state index contributed by atoms with van der Waals surface area (Å²) < 4.78 is 0. The Hall–Kier alpha value is -17.0. The van der Waals surface area contributed by atoms with Crippen LogP contribution in [0.4, 0.5) is 34.1 Å². The fourth-order valence-corrected chi connectivity index (χ4v) is 25.5. The monoisotopic (exact) mass is 1710 g/mol. The zero-order valence-electron chi connectivity index (χ0n) is 74.4. The average molecular weight is 1710 g/mol. The third-order valence-electron chi connectivity index (χ3n) is 31.4. The van der Waals surface area contributed by atoms with E-state index in [1.807, 2.05) is 0 Å². The Bertz CT molecular complexity index is 9150. The number of hydrogen-bond acceptors (Lipinski definition) is 2. The molecule has 135 heavy (non-hydrogen) atoms. The predicted octanol–water partition coefficient (Wildman–Crippen LogP) is 35.5. The van der Waals surface area contributed by atoms with Gasteiger partial charge in [0, 0.05) is 39.3 Å². The molecule has 0 unspecified atom stereocenters. The number of fused-ring (bicyclic) bond motifs is 38. The van der Waals surface area contributed by atoms with E-state index in [9.17, 15) is 0 Å². The second-order valence-corrected chi connectivity index (χ2v) is 38.2. The smallest absolute Gasteiger partial charge is 0.0726 e. The molecular weight excluding hydrogens is 1630 g/mol. The maximum atomic E-state index is 2.61. The molecule has 2 nitrogen and oxygen atoms in total. The number of hydrogen-bond donors (Lipinski definition) is 0. The zero-order chi connectivity index (χ0) is 88.7. The van der Waals surface area contributed by atoms with Gasteiger partial charge in [-0.3, -0.25) is 0 Å². The van der Waals surface area contributed by atoms with Crippen molar-refractivity contribution in [2.24, 2.45) is 0 Å². The molecule has 2 heteroatoms. The van der Waals surface area contributed by atoms with Gasteiger partial charge in [-0.1, -0.05) is 396 Å². The Morgan fingerprint density at radius 1 is 0.141 bits per heavy atom. The van der Waals surface area contributed by atoms with Crippen LogP contribution in [-0.4, -0.2) is 0 Å². The number of anilines is 6. The quantitative estimate of drug-likeness (QED) is 0.126. The summed E-state index contributed by atoms with van der Waals surface area (Å²) in [5.74, 6) is 0. The molecule has 0 fully saturated rings. The Morgan fingerprint density at radius 3 is 0.889 bits per heavy atom. The van der Waals surface area contributed by atoms with Crippen molar-refractivity contribution in [3.05, 3.63) is 529 Å². The molecule has 0 saturated carbocycles. The van der Waals surface area contributed by atoms with Crippen molar-refractivity contribution in [2.45, 2.75) is 30.1 Å². The molecular formula is C133H84N2. The molecule has 0 aliphatic heterocycles. The van der Waals surface area contributed by atoms with Gasteiger partial charge in [0.25, 0.3) is 0 Å². The molecule has 0 radical (unpaired) electrons. The number of benzene rings is 24. The van der Waals surface area contributed by atoms with Gasteiger partial charge in [-0.25, -0.2) is 0 Å². The molecule has 29 rings (SSSR count). The minimum Gasteiger partial charge on any atom is -0.310 e. The first-order valence-corrected chi connectivity index (χ1v) is 47.4. The molecule has 24 aromatic rings. The standard InChI is InChI=1S/C133H84N2/c1-131(2)119-46-22-15-39-103(119)110-70-65-92(76-126(110)131)135(130-80-128-118(78-113(130)83-31-7-4-8-32-83)109-45-21-28-52-125(109)133(128)122-49-25-18-42-106(122)107-43-19-26-50-123(107)133)91-64-69-102-100-67-60-87(73-114(100)98-37-13-14-38-99(98)116(102)75-91)85-59-66-93-88(71-85)56-54-84-53-55-86(72-111(84)93)81-57-61-89(62-58-81)134(90-63-68-101-96-35-10-9-33-94(96)95-34-11-12-36-97(95)115(101)74-90)129-79-127-117(77-112(129)82-29-5-3-6-30-82)108-44-20-27-51-124(108)132(127)120-47-23-16-40-104(120)105-41-17-24-48-121(105)132/h3-80H,1-2H3. The summed E-state index contributed by atoms with van der Waals surface area (Å²) in [6.07, 6.45) is 0. The van der Waals surface area contributed by atoms with Gasteiger partial charge in [-0.15, -0.1) is 0 Å². The van der Waals surface area contributed by atoms with E-state index < -0.39 is 10.8 Å². The van der Waals surface area contributed by atoms with Gasteiger partial charge >= 0.3 is 0 Å². The highest BCUT2D eigenvalue weighted by Gasteiger charge is 2.54. The fourth-order valence-electron chi connectivity index (χ4n) is 25.5. The Labute approximate surface area is 783 Å². The van der Waals surface area contributed by atoms with E-state index in [1.54, 1.807) is 0 Å². The summed E-state index contributed by atoms with van der Waals surface area (Å²) in [6.45, 7) is 4.81. The van der Waals surface area contributed by atoms with Crippen molar-refractivity contribution < 1.29 is 0 Å². The Balaban J connectivity index is 0.559. The maximum Gasteiger partial charge on any atom is 0.0726 e. The molecule has 0 saturated heterocycles. The normalized spacial score (nSPS) is 13.7. The lowest BCUT2D eigenvalue weighted by molar-refractivity contribution is 0.660. The van der Waals surface area contributed by atoms with Crippen molar-refractivity contribution in [1.82, 2.24) is 0 Å². The van der Waals surface area contributed by atoms with Gasteiger partial charge in [0.1, 0.15) is 0 Å². The van der Waals surface area contributed by atoms with Crippen LogP contribution in [0, 0.1) is 0 Å². The van der Waals surface area contributed by atoms with Gasteiger partial charge in [-0.2, -0.15) is 0 Å². The van der Waals surface area contributed by atoms with Crippen LogP contribution in [0.5, 0.6) is 0 Å². The van der Waals surface area contributed by atoms with Crippen LogP contribution < -0.4 is 9.80 Å². The third kappa shape index (κ3) is 10.6. The second-order valence-electron chi connectivity index (χ2n) is 38.2. The maximum absolute atomic E-state index is 2.61. The van der Waals surface area contributed by atoms with E-state index in [1.165, 1.54) is 214 Å². The number of nitrogens with zero attached hydrogens (tertiary/aromatic N) is 2. The van der Waals surface area contributed by atoms with Crippen LogP contribution in [0.25, 0.3) is 186 Å². The summed E-state index contributed by atoms with van der Waals surface area (Å²) >= 11 is 0. The van der Waals surface area contributed by atoms with Crippen molar-refractivity contribution in [3.8, 4) is 100 Å². The zero-order valence-corrected chi connectivity index (χ0v) is 74.4. The van der Waals surface area contributed by atoms with Crippen molar-refractivity contribution in [1.29, 1.82) is 0 Å². The van der Waals surface area contributed by atoms with Gasteiger partial charge in [0.2, 0.25) is 0 Å². The van der Waals surface area contributed by atoms with Crippen LogP contribution in [-0.2, 0) is 16.2 Å². The van der Waals surface area contributed by atoms with Crippen molar-refractivity contribution >= 4 is 120 Å². The summed E-state index contributed by atoms with van der Waals surface area (Å²) in [5, 5.41) is 19.6. The van der Waals surface area contributed by atoms with E-state index in [2.05, 4.69) is 497 Å². The van der Waals surface area contributed by atoms with Gasteiger partial charge in [0.05, 0.1) is 22.2 Å². The first-order valence-electron chi connectivity index (χ1n) is 47.4. The van der Waals surface area contributed by atoms with Gasteiger partial charge in [0.15, 0.2) is 0 Å². The largest absolute Gasteiger partial charge is 0.310 e. The van der Waals surface area contributed by atoms with E-state index in [-0.39, 0.29) is 5.41 Å². The SMILES string of the molecule is CC1(C)c2ccccc2-c2ccc(N(c3ccc4c5ccc(-c6ccc7c(ccc8ccc(-c9ccc(N(c%10ccc%11c%12ccccc%12c%12ccccc%12c%11c%10)c%10cc%11c(cc%10-c%10ccccc%10)-c%10ccccc%10C%11%10c%11ccccc%11-c%11ccccc%11%10)cc9)cc87)c6)cc5c5ccccc5c4c3)c3cc4c(cc3-c3ccccc3)-c3ccccc3C43c4ccccc4-c4ccccc43)cc21. The summed E-state index contributed by atoms with van der Waals surface area (Å²) in [7, 11) is 0. The van der Waals surface area contributed by atoms with E-state index >= 15 is 0 Å². The minimum atomic E-state index is -0.560. The molecule has 24 aromatic carbocycles. The Morgan fingerprint density at radius 2 is 0.430 bits per heavy atom.